The quantitative estimate of drug-likeness (QED) is 0.791. The number of nitrogens with one attached hydrogen (secondary N) is 1. The molecule has 0 fully saturated rings. The van der Waals surface area contributed by atoms with Gasteiger partial charge in [0.1, 0.15) is 0 Å². The molecule has 0 bridgehead atoms. The zero-order chi connectivity index (χ0) is 9.42. The van der Waals surface area contributed by atoms with E-state index in [1.807, 2.05) is 12.1 Å². The van der Waals surface area contributed by atoms with Gasteiger partial charge in [0.25, 0.3) is 5.91 Å². The van der Waals surface area contributed by atoms with Gasteiger partial charge in [0.2, 0.25) is 0 Å². The van der Waals surface area contributed by atoms with Gasteiger partial charge >= 0.3 is 0 Å². The van der Waals surface area contributed by atoms with E-state index in [-0.39, 0.29) is 5.69 Å². The highest BCUT2D eigenvalue weighted by Gasteiger charge is 2.09. The summed E-state index contributed by atoms with van der Waals surface area (Å²) < 4.78 is 0.930. The highest BCUT2D eigenvalue weighted by Crippen LogP contribution is 2.19. The van der Waals surface area contributed by atoms with Gasteiger partial charge < -0.3 is 5.73 Å². The number of hydrogen-bond acceptors (Lipinski definition) is 2. The third-order valence-corrected chi connectivity index (χ3v) is 2.25. The zero-order valence-electron chi connectivity index (χ0n) is 6.54. The van der Waals surface area contributed by atoms with Gasteiger partial charge in [-0.3, -0.25) is 9.89 Å². The molecule has 0 radical (unpaired) electrons. The summed E-state index contributed by atoms with van der Waals surface area (Å²) in [6.45, 7) is 0. The molecule has 1 heterocycles. The molecular weight excluding hydrogens is 234 g/mol. The summed E-state index contributed by atoms with van der Waals surface area (Å²) in [4.78, 5) is 10.9. The highest BCUT2D eigenvalue weighted by atomic mass is 79.9. The third-order valence-electron chi connectivity index (χ3n) is 1.76. The Morgan fingerprint density at radius 2 is 2.31 bits per heavy atom. The molecule has 4 nitrogen and oxygen atoms in total. The van der Waals surface area contributed by atoms with Gasteiger partial charge in [-0.25, -0.2) is 0 Å². The summed E-state index contributed by atoms with van der Waals surface area (Å²) in [5.41, 5.74) is 6.20. The molecule has 0 aliphatic rings. The third kappa shape index (κ3) is 1.31. The fourth-order valence-corrected chi connectivity index (χ4v) is 1.54. The molecule has 66 valence electrons. The van der Waals surface area contributed by atoms with Crippen molar-refractivity contribution in [3.8, 4) is 0 Å². The van der Waals surface area contributed by atoms with Crippen molar-refractivity contribution in [2.45, 2.75) is 0 Å². The van der Waals surface area contributed by atoms with Crippen LogP contribution in [0.25, 0.3) is 10.9 Å². The minimum absolute atomic E-state index is 0.280. The number of nitrogens with two attached hydrogens (primary N) is 1. The van der Waals surface area contributed by atoms with E-state index >= 15 is 0 Å². The van der Waals surface area contributed by atoms with Crippen LogP contribution in [0, 0.1) is 0 Å². The zero-order valence-corrected chi connectivity index (χ0v) is 8.13. The molecule has 2 rings (SSSR count). The van der Waals surface area contributed by atoms with Crippen molar-refractivity contribution in [1.29, 1.82) is 0 Å². The lowest BCUT2D eigenvalue weighted by Crippen LogP contribution is -2.11. The first-order valence-electron chi connectivity index (χ1n) is 3.62. The van der Waals surface area contributed by atoms with Crippen LogP contribution in [0.2, 0.25) is 0 Å². The van der Waals surface area contributed by atoms with Gasteiger partial charge in [-0.15, -0.1) is 0 Å². The normalized spacial score (nSPS) is 10.5. The van der Waals surface area contributed by atoms with Crippen molar-refractivity contribution in [1.82, 2.24) is 10.2 Å². The number of benzene rings is 1. The molecule has 0 atom stereocenters. The van der Waals surface area contributed by atoms with Crippen LogP contribution in [-0.4, -0.2) is 16.1 Å². The van der Waals surface area contributed by atoms with Crippen molar-refractivity contribution in [3.05, 3.63) is 28.4 Å². The van der Waals surface area contributed by atoms with E-state index in [4.69, 9.17) is 5.73 Å². The number of halogens is 1. The summed E-state index contributed by atoms with van der Waals surface area (Å²) in [6, 6.07) is 5.47. The number of carbonyl (C=O) groups excluding carboxylic acids is 1. The lowest BCUT2D eigenvalue weighted by Gasteiger charge is -1.91. The maximum Gasteiger partial charge on any atom is 0.269 e. The van der Waals surface area contributed by atoms with Gasteiger partial charge in [0.05, 0.1) is 5.52 Å². The van der Waals surface area contributed by atoms with Gasteiger partial charge in [0, 0.05) is 9.86 Å². The molecule has 0 spiro atoms. The monoisotopic (exact) mass is 239 g/mol. The molecule has 3 N–H and O–H groups in total. The van der Waals surface area contributed by atoms with Crippen LogP contribution < -0.4 is 5.73 Å². The van der Waals surface area contributed by atoms with Crippen molar-refractivity contribution < 1.29 is 4.79 Å². The lowest BCUT2D eigenvalue weighted by molar-refractivity contribution is 0.0997. The number of fused-ring (bicyclic) bond motifs is 1. The van der Waals surface area contributed by atoms with E-state index in [0.717, 1.165) is 15.4 Å². The van der Waals surface area contributed by atoms with Crippen LogP contribution >= 0.6 is 15.9 Å². The summed E-state index contributed by atoms with van der Waals surface area (Å²) in [7, 11) is 0. The Morgan fingerprint density at radius 3 is 3.00 bits per heavy atom. The number of primary amides is 1. The molecule has 0 saturated heterocycles. The average Bonchev–Trinajstić information content (AvgIpc) is 2.46. The number of aromatic amines is 1. The standard InChI is InChI=1S/C8H6BrN3O/c9-4-1-2-5-6(3-4)11-12-7(5)8(10)13/h1-3H,(H2,10,13)(H,11,12). The Bertz CT molecular complexity index is 477. The maximum atomic E-state index is 10.9. The number of nitrogens with zero attached hydrogens (tertiary/aromatic N) is 1. The van der Waals surface area contributed by atoms with E-state index in [0.29, 0.717) is 0 Å². The first kappa shape index (κ1) is 8.25. The maximum absolute atomic E-state index is 10.9. The fourth-order valence-electron chi connectivity index (χ4n) is 1.18. The molecule has 1 aromatic carbocycles. The van der Waals surface area contributed by atoms with Crippen molar-refractivity contribution in [3.63, 3.8) is 0 Å². The minimum Gasteiger partial charge on any atom is -0.364 e. The van der Waals surface area contributed by atoms with Crippen molar-refractivity contribution in [2.24, 2.45) is 5.73 Å². The minimum atomic E-state index is -0.520. The summed E-state index contributed by atoms with van der Waals surface area (Å²) in [5.74, 6) is -0.520. The second kappa shape index (κ2) is 2.85. The average molecular weight is 240 g/mol. The van der Waals surface area contributed by atoms with Crippen molar-refractivity contribution >= 4 is 32.7 Å². The van der Waals surface area contributed by atoms with E-state index in [1.54, 1.807) is 6.07 Å². The Kier molecular flexibility index (Phi) is 1.81. The topological polar surface area (TPSA) is 71.8 Å². The number of H-pyrrole nitrogens is 1. The number of aromatic nitrogens is 2. The van der Waals surface area contributed by atoms with Crippen LogP contribution in [0.15, 0.2) is 22.7 Å². The summed E-state index contributed by atoms with van der Waals surface area (Å²) in [5, 5.41) is 7.29. The van der Waals surface area contributed by atoms with Gasteiger partial charge in [0.15, 0.2) is 5.69 Å². The summed E-state index contributed by atoms with van der Waals surface area (Å²) >= 11 is 3.31. The number of carbonyl (C=O) groups is 1. The molecular formula is C8H6BrN3O. The molecule has 0 saturated carbocycles. The van der Waals surface area contributed by atoms with Crippen LogP contribution in [0.4, 0.5) is 0 Å². The molecule has 0 unspecified atom stereocenters. The molecule has 1 aromatic heterocycles. The molecule has 5 heteroatoms. The number of amides is 1. The first-order chi connectivity index (χ1) is 6.18. The van der Waals surface area contributed by atoms with Crippen LogP contribution in [0.3, 0.4) is 0 Å². The molecule has 0 aliphatic heterocycles. The predicted octanol–water partition coefficient (Wildman–Crippen LogP) is 1.42. The molecule has 13 heavy (non-hydrogen) atoms. The van der Waals surface area contributed by atoms with Crippen LogP contribution in [0.5, 0.6) is 0 Å². The molecule has 1 amide bonds. The van der Waals surface area contributed by atoms with E-state index in [2.05, 4.69) is 26.1 Å². The van der Waals surface area contributed by atoms with Gasteiger partial charge in [-0.1, -0.05) is 15.9 Å². The smallest absolute Gasteiger partial charge is 0.269 e. The SMILES string of the molecule is NC(=O)c1n[nH]c2cc(Br)ccc12. The number of rotatable bonds is 1. The van der Waals surface area contributed by atoms with Crippen molar-refractivity contribution in [2.75, 3.05) is 0 Å². The fraction of sp³-hybridized carbons (Fsp3) is 0. The highest BCUT2D eigenvalue weighted by molar-refractivity contribution is 9.10. The van der Waals surface area contributed by atoms with Crippen LogP contribution in [0.1, 0.15) is 10.5 Å². The molecule has 2 aromatic rings. The Labute approximate surface area is 82.2 Å². The lowest BCUT2D eigenvalue weighted by atomic mass is 10.2. The largest absolute Gasteiger partial charge is 0.364 e. The first-order valence-corrected chi connectivity index (χ1v) is 4.41. The van der Waals surface area contributed by atoms with Gasteiger partial charge in [-0.05, 0) is 18.2 Å². The van der Waals surface area contributed by atoms with Crippen LogP contribution in [-0.2, 0) is 0 Å². The Morgan fingerprint density at radius 1 is 1.54 bits per heavy atom. The van der Waals surface area contributed by atoms with E-state index < -0.39 is 5.91 Å². The van der Waals surface area contributed by atoms with E-state index in [1.165, 1.54) is 0 Å². The van der Waals surface area contributed by atoms with E-state index in [9.17, 15) is 4.79 Å². The second-order valence-corrected chi connectivity index (χ2v) is 3.54. The Hall–Kier alpha value is -1.36. The van der Waals surface area contributed by atoms with Gasteiger partial charge in [-0.2, -0.15) is 5.10 Å². The molecule has 0 aliphatic carbocycles. The second-order valence-electron chi connectivity index (χ2n) is 2.63. The summed E-state index contributed by atoms with van der Waals surface area (Å²) in [6.07, 6.45) is 0. The number of hydrogen-bond donors (Lipinski definition) is 2. The Balaban J connectivity index is 2.76. The predicted molar refractivity (Wildman–Crippen MR) is 52.3 cm³/mol.